The lowest BCUT2D eigenvalue weighted by atomic mass is 9.89. The molecule has 0 aliphatic carbocycles. The molecule has 0 fully saturated rings. The molecule has 2 rings (SSSR count). The molecule has 0 amide bonds. The molecular formula is C24H34N2O4Si. The van der Waals surface area contributed by atoms with Crippen molar-refractivity contribution in [2.75, 3.05) is 13.2 Å². The van der Waals surface area contributed by atoms with Crippen molar-refractivity contribution < 1.29 is 18.8 Å². The number of nitrogens with zero attached hydrogens (tertiary/aromatic N) is 2. The zero-order chi connectivity index (χ0) is 23.1. The fraction of sp³-hybridized carbons (Fsp3) is 0.500. The molecule has 168 valence electrons. The van der Waals surface area contributed by atoms with Crippen LogP contribution < -0.4 is 0 Å². The first kappa shape index (κ1) is 24.9. The summed E-state index contributed by atoms with van der Waals surface area (Å²) in [5, 5.41) is 0.155. The minimum atomic E-state index is -1.81. The average Bonchev–Trinajstić information content (AvgIpc) is 2.72. The second kappa shape index (κ2) is 10.8. The van der Waals surface area contributed by atoms with Crippen LogP contribution in [0.2, 0.25) is 18.1 Å². The van der Waals surface area contributed by atoms with E-state index in [0.717, 1.165) is 12.0 Å². The summed E-state index contributed by atoms with van der Waals surface area (Å²) in [6, 6.07) is 5.18. The number of ether oxygens (including phenoxy) is 1. The van der Waals surface area contributed by atoms with Gasteiger partial charge in [0.2, 0.25) is 0 Å². The van der Waals surface area contributed by atoms with Gasteiger partial charge < -0.3 is 9.16 Å². The molecule has 1 atom stereocenters. The fourth-order valence-corrected chi connectivity index (χ4v) is 4.09. The van der Waals surface area contributed by atoms with E-state index in [0.29, 0.717) is 24.2 Å². The highest BCUT2D eigenvalue weighted by Crippen LogP contribution is 2.36. The first-order valence-corrected chi connectivity index (χ1v) is 13.7. The summed E-state index contributed by atoms with van der Waals surface area (Å²) in [5.74, 6) is -1.90. The highest BCUT2D eigenvalue weighted by molar-refractivity contribution is 6.74. The molecule has 0 aliphatic rings. The molecule has 7 heteroatoms. The van der Waals surface area contributed by atoms with E-state index in [9.17, 15) is 9.59 Å². The maximum Gasteiger partial charge on any atom is 0.321 e. The number of ketones is 1. The molecular weight excluding hydrogens is 408 g/mol. The molecule has 0 aromatic carbocycles. The van der Waals surface area contributed by atoms with Crippen LogP contribution in [-0.4, -0.2) is 43.3 Å². The standard InChI is InChI=1S/C24H34N2O4Si/c1-7-29-23(28)21(19-11-13-25-14-12-19)22(27)20-17-26-15-10-18(20)9-8-16-30-31(5,6)24(2,3)4/h10-15,17,21H,7-9,16H2,1-6H3. The minimum Gasteiger partial charge on any atom is -0.465 e. The topological polar surface area (TPSA) is 78.4 Å². The first-order valence-electron chi connectivity index (χ1n) is 10.8. The number of hydrogen-bond donors (Lipinski definition) is 0. The number of aryl methyl sites for hydroxylation is 1. The van der Waals surface area contributed by atoms with Crippen molar-refractivity contribution in [3.63, 3.8) is 0 Å². The normalized spacial score (nSPS) is 13.0. The average molecular weight is 443 g/mol. The van der Waals surface area contributed by atoms with E-state index < -0.39 is 20.2 Å². The molecule has 2 heterocycles. The molecule has 0 aliphatic heterocycles. The van der Waals surface area contributed by atoms with Crippen LogP contribution in [-0.2, 0) is 20.4 Å². The number of carbonyl (C=O) groups is 2. The van der Waals surface area contributed by atoms with Crippen LogP contribution in [0.4, 0.5) is 0 Å². The van der Waals surface area contributed by atoms with Gasteiger partial charge in [0.05, 0.1) is 6.61 Å². The van der Waals surface area contributed by atoms with Gasteiger partial charge in [-0.3, -0.25) is 19.6 Å². The lowest BCUT2D eigenvalue weighted by Gasteiger charge is -2.36. The van der Waals surface area contributed by atoms with Gasteiger partial charge in [0.25, 0.3) is 0 Å². The largest absolute Gasteiger partial charge is 0.465 e. The van der Waals surface area contributed by atoms with Crippen molar-refractivity contribution in [1.29, 1.82) is 0 Å². The van der Waals surface area contributed by atoms with Crippen molar-refractivity contribution in [2.45, 2.75) is 64.6 Å². The molecule has 0 saturated carbocycles. The van der Waals surface area contributed by atoms with Crippen LogP contribution in [0.25, 0.3) is 0 Å². The van der Waals surface area contributed by atoms with Crippen molar-refractivity contribution >= 4 is 20.1 Å². The number of esters is 1. The van der Waals surface area contributed by atoms with E-state index in [4.69, 9.17) is 9.16 Å². The van der Waals surface area contributed by atoms with Crippen LogP contribution >= 0.6 is 0 Å². The third-order valence-electron chi connectivity index (χ3n) is 5.86. The summed E-state index contributed by atoms with van der Waals surface area (Å²) < 4.78 is 11.5. The Morgan fingerprint density at radius 2 is 1.71 bits per heavy atom. The van der Waals surface area contributed by atoms with Crippen LogP contribution in [0, 0.1) is 0 Å². The molecule has 6 nitrogen and oxygen atoms in total. The number of hydrogen-bond acceptors (Lipinski definition) is 6. The van der Waals surface area contributed by atoms with Crippen molar-refractivity contribution in [2.24, 2.45) is 0 Å². The van der Waals surface area contributed by atoms with Crippen molar-refractivity contribution in [1.82, 2.24) is 9.97 Å². The van der Waals surface area contributed by atoms with E-state index in [1.54, 1.807) is 43.8 Å². The van der Waals surface area contributed by atoms with Crippen LogP contribution in [0.5, 0.6) is 0 Å². The van der Waals surface area contributed by atoms with Gasteiger partial charge in [0.1, 0.15) is 5.92 Å². The van der Waals surface area contributed by atoms with E-state index >= 15 is 0 Å². The Labute approximate surface area is 186 Å². The van der Waals surface area contributed by atoms with Gasteiger partial charge in [-0.2, -0.15) is 0 Å². The highest BCUT2D eigenvalue weighted by atomic mass is 28.4. The van der Waals surface area contributed by atoms with Gasteiger partial charge >= 0.3 is 5.97 Å². The van der Waals surface area contributed by atoms with Gasteiger partial charge in [-0.15, -0.1) is 0 Å². The Morgan fingerprint density at radius 1 is 1.06 bits per heavy atom. The van der Waals surface area contributed by atoms with Gasteiger partial charge in [0, 0.05) is 37.0 Å². The number of pyridine rings is 2. The van der Waals surface area contributed by atoms with E-state index in [1.807, 2.05) is 6.07 Å². The summed E-state index contributed by atoms with van der Waals surface area (Å²) in [5.41, 5.74) is 1.88. The number of rotatable bonds is 10. The Kier molecular flexibility index (Phi) is 8.65. The van der Waals surface area contributed by atoms with E-state index in [1.165, 1.54) is 0 Å². The lowest BCUT2D eigenvalue weighted by molar-refractivity contribution is -0.143. The second-order valence-electron chi connectivity index (χ2n) is 9.08. The monoisotopic (exact) mass is 442 g/mol. The summed E-state index contributed by atoms with van der Waals surface area (Å²) >= 11 is 0. The zero-order valence-electron chi connectivity index (χ0n) is 19.5. The van der Waals surface area contributed by atoms with Gasteiger partial charge in [-0.25, -0.2) is 0 Å². The predicted molar refractivity (Wildman–Crippen MR) is 124 cm³/mol. The smallest absolute Gasteiger partial charge is 0.321 e. The predicted octanol–water partition coefficient (Wildman–Crippen LogP) is 4.96. The Balaban J connectivity index is 2.19. The molecule has 2 aromatic heterocycles. The fourth-order valence-electron chi connectivity index (χ4n) is 3.00. The van der Waals surface area contributed by atoms with Gasteiger partial charge in [0.15, 0.2) is 14.1 Å². The molecule has 0 saturated heterocycles. The number of Topliss-reactive ketones (excluding diaryl/α,β-unsaturated/α-hetero) is 1. The maximum atomic E-state index is 13.4. The molecule has 0 radical (unpaired) electrons. The van der Waals surface area contributed by atoms with Crippen LogP contribution in [0.1, 0.15) is 61.5 Å². The third kappa shape index (κ3) is 6.55. The SMILES string of the molecule is CCOC(=O)C(C(=O)c1cnccc1CCCO[Si](C)(C)C(C)(C)C)c1ccncc1. The van der Waals surface area contributed by atoms with Crippen molar-refractivity contribution in [3.05, 3.63) is 59.7 Å². The maximum absolute atomic E-state index is 13.4. The molecule has 0 N–H and O–H groups in total. The Morgan fingerprint density at radius 3 is 2.32 bits per heavy atom. The van der Waals surface area contributed by atoms with Gasteiger partial charge in [-0.1, -0.05) is 20.8 Å². The first-order chi connectivity index (χ1) is 14.6. The van der Waals surface area contributed by atoms with Crippen LogP contribution in [0.3, 0.4) is 0 Å². The Hall–Kier alpha value is -2.38. The lowest BCUT2D eigenvalue weighted by Crippen LogP contribution is -2.41. The molecule has 2 aromatic rings. The van der Waals surface area contributed by atoms with Crippen LogP contribution in [0.15, 0.2) is 43.0 Å². The van der Waals surface area contributed by atoms with E-state index in [-0.39, 0.29) is 17.4 Å². The molecule has 31 heavy (non-hydrogen) atoms. The quantitative estimate of drug-likeness (QED) is 0.170. The minimum absolute atomic E-state index is 0.155. The molecule has 1 unspecified atom stereocenters. The summed E-state index contributed by atoms with van der Waals surface area (Å²) in [6.07, 6.45) is 7.81. The molecule has 0 spiro atoms. The third-order valence-corrected chi connectivity index (χ3v) is 10.4. The van der Waals surface area contributed by atoms with E-state index in [2.05, 4.69) is 43.8 Å². The summed E-state index contributed by atoms with van der Waals surface area (Å²) in [6.45, 7) is 13.7. The highest BCUT2D eigenvalue weighted by Gasteiger charge is 2.37. The summed E-state index contributed by atoms with van der Waals surface area (Å²) in [7, 11) is -1.81. The summed E-state index contributed by atoms with van der Waals surface area (Å²) in [4.78, 5) is 34.2. The van der Waals surface area contributed by atoms with Crippen molar-refractivity contribution in [3.8, 4) is 0 Å². The Bertz CT molecular complexity index is 879. The molecule has 0 bridgehead atoms. The second-order valence-corrected chi connectivity index (χ2v) is 13.9. The zero-order valence-corrected chi connectivity index (χ0v) is 20.5. The van der Waals surface area contributed by atoms with Gasteiger partial charge in [-0.05, 0) is 67.2 Å². The number of carbonyl (C=O) groups excluding carboxylic acids is 2. The number of aromatic nitrogens is 2.